The van der Waals surface area contributed by atoms with Crippen LogP contribution in [0.3, 0.4) is 0 Å². The molecular weight excluding hydrogens is 188 g/mol. The van der Waals surface area contributed by atoms with Gasteiger partial charge in [0, 0.05) is 6.42 Å². The van der Waals surface area contributed by atoms with Crippen molar-refractivity contribution in [2.45, 2.75) is 58.3 Å². The summed E-state index contributed by atoms with van der Waals surface area (Å²) in [5, 5.41) is 0. The van der Waals surface area contributed by atoms with Crippen molar-refractivity contribution in [3.8, 4) is 0 Å². The van der Waals surface area contributed by atoms with E-state index in [1.54, 1.807) is 0 Å². The van der Waals surface area contributed by atoms with Gasteiger partial charge in [0.15, 0.2) is 0 Å². The van der Waals surface area contributed by atoms with Gasteiger partial charge in [0.05, 0.1) is 6.42 Å². The number of hydrogen-bond donors (Lipinski definition) is 0. The molecular formula is C13H22O2. The number of ketones is 1. The van der Waals surface area contributed by atoms with E-state index in [0.717, 1.165) is 19.3 Å². The maximum absolute atomic E-state index is 11.0. The molecule has 0 fully saturated rings. The summed E-state index contributed by atoms with van der Waals surface area (Å²) in [4.78, 5) is 21.0. The number of aldehydes is 1. The van der Waals surface area contributed by atoms with Gasteiger partial charge in [-0.25, -0.2) is 0 Å². The van der Waals surface area contributed by atoms with Crippen molar-refractivity contribution >= 4 is 12.1 Å². The first kappa shape index (κ1) is 14.1. The number of carbonyl (C=O) groups excluding carboxylic acids is 2. The Bertz CT molecular complexity index is 195. The lowest BCUT2D eigenvalue weighted by atomic mass is 10.1. The fourth-order valence-electron chi connectivity index (χ4n) is 1.36. The number of unbranched alkanes of at least 4 members (excludes halogenated alkanes) is 4. The Morgan fingerprint density at radius 3 is 2.33 bits per heavy atom. The first-order chi connectivity index (χ1) is 7.31. The Balaban J connectivity index is 3.22. The molecule has 0 radical (unpaired) electrons. The molecule has 0 unspecified atom stereocenters. The first-order valence-electron chi connectivity index (χ1n) is 5.91. The van der Waals surface area contributed by atoms with Gasteiger partial charge in [-0.05, 0) is 25.7 Å². The van der Waals surface area contributed by atoms with E-state index in [0.29, 0.717) is 12.7 Å². The number of carbonyl (C=O) groups is 2. The molecule has 0 amide bonds. The van der Waals surface area contributed by atoms with Crippen molar-refractivity contribution in [2.75, 3.05) is 0 Å². The Morgan fingerprint density at radius 1 is 1.07 bits per heavy atom. The molecule has 15 heavy (non-hydrogen) atoms. The molecule has 0 aliphatic heterocycles. The molecule has 0 aromatic rings. The van der Waals surface area contributed by atoms with Gasteiger partial charge in [-0.15, -0.1) is 0 Å². The number of rotatable bonds is 10. The van der Waals surface area contributed by atoms with Crippen LogP contribution in [0.2, 0.25) is 0 Å². The molecule has 0 aliphatic carbocycles. The predicted molar refractivity (Wildman–Crippen MR) is 62.8 cm³/mol. The van der Waals surface area contributed by atoms with Gasteiger partial charge >= 0.3 is 0 Å². The van der Waals surface area contributed by atoms with Crippen LogP contribution < -0.4 is 0 Å². The highest BCUT2D eigenvalue weighted by Crippen LogP contribution is 2.03. The van der Waals surface area contributed by atoms with Crippen LogP contribution in [0.1, 0.15) is 58.3 Å². The second kappa shape index (κ2) is 11.2. The summed E-state index contributed by atoms with van der Waals surface area (Å²) < 4.78 is 0. The maximum Gasteiger partial charge on any atom is 0.139 e. The van der Waals surface area contributed by atoms with Crippen molar-refractivity contribution < 1.29 is 9.59 Å². The minimum Gasteiger partial charge on any atom is -0.303 e. The third kappa shape index (κ3) is 11.0. The topological polar surface area (TPSA) is 34.1 Å². The van der Waals surface area contributed by atoms with Gasteiger partial charge in [0.25, 0.3) is 0 Å². The van der Waals surface area contributed by atoms with E-state index < -0.39 is 0 Å². The molecule has 0 aliphatic rings. The van der Waals surface area contributed by atoms with Gasteiger partial charge in [-0.2, -0.15) is 0 Å². The highest BCUT2D eigenvalue weighted by atomic mass is 16.1. The highest BCUT2D eigenvalue weighted by Gasteiger charge is 1.98. The molecule has 0 aromatic carbocycles. The number of allylic oxidation sites excluding steroid dienone is 2. The van der Waals surface area contributed by atoms with Crippen LogP contribution in [0, 0.1) is 0 Å². The molecule has 0 bridgehead atoms. The fourth-order valence-corrected chi connectivity index (χ4v) is 1.36. The normalized spacial score (nSPS) is 10.7. The lowest BCUT2D eigenvalue weighted by molar-refractivity contribution is -0.122. The average Bonchev–Trinajstić information content (AvgIpc) is 2.22. The molecule has 0 N–H and O–H groups in total. The average molecular weight is 210 g/mol. The summed E-state index contributed by atoms with van der Waals surface area (Å²) in [5.41, 5.74) is 0. The SMILES string of the molecule is CCCCCC=CCCCC(=O)CC=O. The van der Waals surface area contributed by atoms with Crippen molar-refractivity contribution in [1.29, 1.82) is 0 Å². The van der Waals surface area contributed by atoms with E-state index in [1.165, 1.54) is 19.3 Å². The van der Waals surface area contributed by atoms with Crippen molar-refractivity contribution in [2.24, 2.45) is 0 Å². The first-order valence-corrected chi connectivity index (χ1v) is 5.91. The summed E-state index contributed by atoms with van der Waals surface area (Å²) >= 11 is 0. The van der Waals surface area contributed by atoms with Crippen molar-refractivity contribution in [1.82, 2.24) is 0 Å². The molecule has 0 aromatic heterocycles. The van der Waals surface area contributed by atoms with E-state index in [9.17, 15) is 9.59 Å². The quantitative estimate of drug-likeness (QED) is 0.239. The Kier molecular flexibility index (Phi) is 10.5. The molecule has 0 heterocycles. The summed E-state index contributed by atoms with van der Waals surface area (Å²) in [6, 6.07) is 0. The Morgan fingerprint density at radius 2 is 1.73 bits per heavy atom. The largest absolute Gasteiger partial charge is 0.303 e. The van der Waals surface area contributed by atoms with E-state index in [-0.39, 0.29) is 12.2 Å². The lowest BCUT2D eigenvalue weighted by Crippen LogP contribution is -1.97. The maximum atomic E-state index is 11.0. The zero-order valence-electron chi connectivity index (χ0n) is 9.71. The van der Waals surface area contributed by atoms with Crippen LogP contribution in [-0.2, 0) is 9.59 Å². The second-order valence-corrected chi connectivity index (χ2v) is 3.77. The molecule has 0 saturated heterocycles. The van der Waals surface area contributed by atoms with E-state index in [1.807, 2.05) is 0 Å². The van der Waals surface area contributed by atoms with Crippen LogP contribution in [0.5, 0.6) is 0 Å². The number of Topliss-reactive ketones (excluding diaryl/α,β-unsaturated/α-hetero) is 1. The second-order valence-electron chi connectivity index (χ2n) is 3.77. The Hall–Kier alpha value is -0.920. The summed E-state index contributed by atoms with van der Waals surface area (Å²) in [6.07, 6.45) is 12.4. The minimum atomic E-state index is 0.0596. The molecule has 0 spiro atoms. The van der Waals surface area contributed by atoms with Crippen LogP contribution >= 0.6 is 0 Å². The van der Waals surface area contributed by atoms with Crippen molar-refractivity contribution in [3.05, 3.63) is 12.2 Å². The third-order valence-corrected chi connectivity index (χ3v) is 2.28. The minimum absolute atomic E-state index is 0.0596. The molecule has 2 heteroatoms. The molecule has 2 nitrogen and oxygen atoms in total. The smallest absolute Gasteiger partial charge is 0.139 e. The molecule has 86 valence electrons. The number of hydrogen-bond acceptors (Lipinski definition) is 2. The van der Waals surface area contributed by atoms with E-state index >= 15 is 0 Å². The standard InChI is InChI=1S/C13H22O2/c1-2-3-4-5-6-7-8-9-10-13(15)11-12-14/h6-7,12H,2-5,8-11H2,1H3. The zero-order valence-corrected chi connectivity index (χ0v) is 9.71. The van der Waals surface area contributed by atoms with E-state index in [2.05, 4.69) is 19.1 Å². The lowest BCUT2D eigenvalue weighted by Gasteiger charge is -1.94. The summed E-state index contributed by atoms with van der Waals surface area (Å²) in [6.45, 7) is 2.20. The van der Waals surface area contributed by atoms with Gasteiger partial charge in [0.1, 0.15) is 12.1 Å². The van der Waals surface area contributed by atoms with E-state index in [4.69, 9.17) is 0 Å². The van der Waals surface area contributed by atoms with Gasteiger partial charge < -0.3 is 4.79 Å². The zero-order chi connectivity index (χ0) is 11.4. The third-order valence-electron chi connectivity index (χ3n) is 2.28. The van der Waals surface area contributed by atoms with Gasteiger partial charge in [-0.3, -0.25) is 4.79 Å². The van der Waals surface area contributed by atoms with Crippen molar-refractivity contribution in [3.63, 3.8) is 0 Å². The molecule has 0 rings (SSSR count). The van der Waals surface area contributed by atoms with Crippen LogP contribution in [0.4, 0.5) is 0 Å². The van der Waals surface area contributed by atoms with Gasteiger partial charge in [-0.1, -0.05) is 31.9 Å². The van der Waals surface area contributed by atoms with Crippen LogP contribution in [0.25, 0.3) is 0 Å². The highest BCUT2D eigenvalue weighted by molar-refractivity contribution is 5.89. The molecule has 0 atom stereocenters. The van der Waals surface area contributed by atoms with Crippen LogP contribution in [-0.4, -0.2) is 12.1 Å². The van der Waals surface area contributed by atoms with Crippen LogP contribution in [0.15, 0.2) is 12.2 Å². The Labute approximate surface area is 92.8 Å². The monoisotopic (exact) mass is 210 g/mol. The van der Waals surface area contributed by atoms with Gasteiger partial charge in [0.2, 0.25) is 0 Å². The fraction of sp³-hybridized carbons (Fsp3) is 0.692. The molecule has 0 saturated carbocycles. The summed E-state index contributed by atoms with van der Waals surface area (Å²) in [7, 11) is 0. The predicted octanol–water partition coefficient (Wildman–Crippen LogP) is 3.45. The summed E-state index contributed by atoms with van der Waals surface area (Å²) in [5.74, 6) is 0.0596.